The Labute approximate surface area is 137 Å². The van der Waals surface area contributed by atoms with E-state index < -0.39 is 20.0 Å². The minimum atomic E-state index is -3.67. The summed E-state index contributed by atoms with van der Waals surface area (Å²) in [5, 5.41) is 0. The van der Waals surface area contributed by atoms with Crippen LogP contribution < -0.4 is 15.2 Å². The van der Waals surface area contributed by atoms with Gasteiger partial charge in [0, 0.05) is 12.1 Å². The summed E-state index contributed by atoms with van der Waals surface area (Å²) < 4.78 is 53.5. The van der Waals surface area contributed by atoms with Crippen LogP contribution in [0.2, 0.25) is 0 Å². The van der Waals surface area contributed by atoms with Crippen molar-refractivity contribution in [2.45, 2.75) is 54.5 Å². The zero-order chi connectivity index (χ0) is 17.3. The smallest absolute Gasteiger partial charge is 0.240 e. The van der Waals surface area contributed by atoms with E-state index in [4.69, 9.17) is 5.73 Å². The minimum Gasteiger partial charge on any atom is -0.328 e. The van der Waals surface area contributed by atoms with E-state index in [0.29, 0.717) is 18.4 Å². The summed E-state index contributed by atoms with van der Waals surface area (Å²) in [6.07, 6.45) is 3.02. The zero-order valence-corrected chi connectivity index (χ0v) is 14.9. The summed E-state index contributed by atoms with van der Waals surface area (Å²) in [6.45, 7) is 1.57. The van der Waals surface area contributed by atoms with E-state index >= 15 is 0 Å². The summed E-state index contributed by atoms with van der Waals surface area (Å²) in [5.41, 5.74) is 6.20. The average molecular weight is 361 g/mol. The van der Waals surface area contributed by atoms with Crippen LogP contribution in [0.1, 0.15) is 31.2 Å². The molecular weight excluding hydrogens is 338 g/mol. The molecule has 23 heavy (non-hydrogen) atoms. The van der Waals surface area contributed by atoms with Crippen LogP contribution in [0.15, 0.2) is 28.0 Å². The lowest BCUT2D eigenvalue weighted by Crippen LogP contribution is -2.40. The quantitative estimate of drug-likeness (QED) is 0.704. The van der Waals surface area contributed by atoms with Crippen molar-refractivity contribution in [3.8, 4) is 0 Å². The SMILES string of the molecule is CNS(=O)(=O)c1ccc(S(=O)(=O)NC2CCC(N)CC2)cc1C. The molecular formula is C14H23N3O4S2. The van der Waals surface area contributed by atoms with Gasteiger partial charge in [0.2, 0.25) is 20.0 Å². The maximum absolute atomic E-state index is 12.5. The van der Waals surface area contributed by atoms with Crippen LogP contribution in [-0.2, 0) is 20.0 Å². The third-order valence-corrected chi connectivity index (χ3v) is 7.20. The molecule has 0 unspecified atom stereocenters. The molecule has 0 radical (unpaired) electrons. The topological polar surface area (TPSA) is 118 Å². The predicted octanol–water partition coefficient (Wildman–Crippen LogP) is 0.451. The van der Waals surface area contributed by atoms with Gasteiger partial charge in [0.1, 0.15) is 0 Å². The number of nitrogens with two attached hydrogens (primary N) is 1. The van der Waals surface area contributed by atoms with Gasteiger partial charge in [-0.25, -0.2) is 26.3 Å². The first-order valence-electron chi connectivity index (χ1n) is 7.48. The lowest BCUT2D eigenvalue weighted by atomic mass is 9.93. The third-order valence-electron chi connectivity index (χ3n) is 4.11. The van der Waals surface area contributed by atoms with Crippen molar-refractivity contribution in [3.05, 3.63) is 23.8 Å². The second-order valence-corrected chi connectivity index (χ2v) is 9.44. The number of rotatable bonds is 5. The van der Waals surface area contributed by atoms with E-state index in [0.717, 1.165) is 12.8 Å². The van der Waals surface area contributed by atoms with E-state index in [9.17, 15) is 16.8 Å². The van der Waals surface area contributed by atoms with Gasteiger partial charge in [-0.1, -0.05) is 0 Å². The fourth-order valence-electron chi connectivity index (χ4n) is 2.73. The zero-order valence-electron chi connectivity index (χ0n) is 13.2. The molecule has 0 bridgehead atoms. The summed E-state index contributed by atoms with van der Waals surface area (Å²) in [7, 11) is -5.96. The molecule has 0 saturated heterocycles. The van der Waals surface area contributed by atoms with Crippen LogP contribution >= 0.6 is 0 Å². The van der Waals surface area contributed by atoms with Gasteiger partial charge in [0.25, 0.3) is 0 Å². The van der Waals surface area contributed by atoms with Crippen molar-refractivity contribution < 1.29 is 16.8 Å². The van der Waals surface area contributed by atoms with Crippen molar-refractivity contribution in [2.75, 3.05) is 7.05 Å². The lowest BCUT2D eigenvalue weighted by molar-refractivity contribution is 0.373. The summed E-state index contributed by atoms with van der Waals surface area (Å²) in [6, 6.07) is 4.02. The molecule has 7 nitrogen and oxygen atoms in total. The van der Waals surface area contributed by atoms with Crippen LogP contribution in [0, 0.1) is 6.92 Å². The van der Waals surface area contributed by atoms with Crippen LogP contribution in [0.25, 0.3) is 0 Å². The van der Waals surface area contributed by atoms with Crippen LogP contribution in [-0.4, -0.2) is 36.0 Å². The minimum absolute atomic E-state index is 0.0694. The molecule has 4 N–H and O–H groups in total. The summed E-state index contributed by atoms with van der Waals surface area (Å²) >= 11 is 0. The molecule has 9 heteroatoms. The van der Waals surface area contributed by atoms with Gasteiger partial charge in [0.05, 0.1) is 9.79 Å². The molecule has 1 saturated carbocycles. The highest BCUT2D eigenvalue weighted by atomic mass is 32.2. The second-order valence-electron chi connectivity index (χ2n) is 5.87. The van der Waals surface area contributed by atoms with Crippen molar-refractivity contribution in [2.24, 2.45) is 5.73 Å². The highest BCUT2D eigenvalue weighted by molar-refractivity contribution is 7.90. The number of sulfonamides is 2. The Balaban J connectivity index is 2.22. The maximum Gasteiger partial charge on any atom is 0.240 e. The first-order valence-corrected chi connectivity index (χ1v) is 10.4. The normalized spacial score (nSPS) is 22.9. The van der Waals surface area contributed by atoms with E-state index in [2.05, 4.69) is 9.44 Å². The van der Waals surface area contributed by atoms with Crippen LogP contribution in [0.4, 0.5) is 0 Å². The van der Waals surface area contributed by atoms with Gasteiger partial charge in [-0.15, -0.1) is 0 Å². The highest BCUT2D eigenvalue weighted by Crippen LogP contribution is 2.22. The Kier molecular flexibility index (Phi) is 5.47. The van der Waals surface area contributed by atoms with Gasteiger partial charge in [-0.2, -0.15) is 0 Å². The standard InChI is InChI=1S/C14H23N3O4S2/c1-10-9-13(7-8-14(10)23(20,21)16-2)22(18,19)17-12-5-3-11(15)4-6-12/h7-9,11-12,16-17H,3-6,15H2,1-2H3. The Morgan fingerprint density at radius 1 is 1.04 bits per heavy atom. The average Bonchev–Trinajstić information content (AvgIpc) is 2.49. The fourth-order valence-corrected chi connectivity index (χ4v) is 5.06. The second kappa shape index (κ2) is 6.86. The first kappa shape index (κ1) is 18.3. The molecule has 2 rings (SSSR count). The molecule has 130 valence electrons. The molecule has 1 aromatic rings. The molecule has 0 aliphatic heterocycles. The Morgan fingerprint density at radius 2 is 1.65 bits per heavy atom. The number of benzene rings is 1. The maximum atomic E-state index is 12.5. The van der Waals surface area contributed by atoms with Gasteiger partial charge < -0.3 is 5.73 Å². The van der Waals surface area contributed by atoms with Crippen LogP contribution in [0.3, 0.4) is 0 Å². The van der Waals surface area contributed by atoms with Gasteiger partial charge in [0.15, 0.2) is 0 Å². The number of hydrogen-bond acceptors (Lipinski definition) is 5. The molecule has 1 aliphatic rings. The van der Waals surface area contributed by atoms with Gasteiger partial charge >= 0.3 is 0 Å². The van der Waals surface area contributed by atoms with Gasteiger partial charge in [-0.05, 0) is 63.4 Å². The van der Waals surface area contributed by atoms with Crippen LogP contribution in [0.5, 0.6) is 0 Å². The van der Waals surface area contributed by atoms with Crippen molar-refractivity contribution in [1.82, 2.24) is 9.44 Å². The van der Waals surface area contributed by atoms with Gasteiger partial charge in [-0.3, -0.25) is 0 Å². The molecule has 1 aliphatic carbocycles. The van der Waals surface area contributed by atoms with E-state index in [-0.39, 0.29) is 21.9 Å². The predicted molar refractivity (Wildman–Crippen MR) is 88.0 cm³/mol. The number of aryl methyl sites for hydroxylation is 1. The van der Waals surface area contributed by atoms with E-state index in [1.807, 2.05) is 0 Å². The Morgan fingerprint density at radius 3 is 2.17 bits per heavy atom. The molecule has 0 amide bonds. The first-order chi connectivity index (χ1) is 10.7. The molecule has 0 spiro atoms. The Bertz CT molecular complexity index is 767. The van der Waals surface area contributed by atoms with E-state index in [1.165, 1.54) is 25.2 Å². The third kappa shape index (κ3) is 4.30. The molecule has 0 aromatic heterocycles. The lowest BCUT2D eigenvalue weighted by Gasteiger charge is -2.26. The molecule has 1 aromatic carbocycles. The fraction of sp³-hybridized carbons (Fsp3) is 0.571. The number of nitrogens with one attached hydrogen (secondary N) is 2. The molecule has 0 heterocycles. The molecule has 0 atom stereocenters. The van der Waals surface area contributed by atoms with Crippen molar-refractivity contribution in [3.63, 3.8) is 0 Å². The highest BCUT2D eigenvalue weighted by Gasteiger charge is 2.25. The Hall–Kier alpha value is -1.00. The largest absolute Gasteiger partial charge is 0.328 e. The van der Waals surface area contributed by atoms with Crippen molar-refractivity contribution >= 4 is 20.0 Å². The number of hydrogen-bond donors (Lipinski definition) is 3. The van der Waals surface area contributed by atoms with E-state index in [1.54, 1.807) is 6.92 Å². The summed E-state index contributed by atoms with van der Waals surface area (Å²) in [4.78, 5) is 0.141. The van der Waals surface area contributed by atoms with Crippen molar-refractivity contribution in [1.29, 1.82) is 0 Å². The summed E-state index contributed by atoms with van der Waals surface area (Å²) in [5.74, 6) is 0. The molecule has 1 fully saturated rings. The monoisotopic (exact) mass is 361 g/mol.